The molecule has 0 aliphatic rings. The summed E-state index contributed by atoms with van der Waals surface area (Å²) in [4.78, 5) is 14.4. The topological polar surface area (TPSA) is 32.3 Å². The smallest absolute Gasteiger partial charge is 0.253 e. The molecule has 3 nitrogen and oxygen atoms in total. The van der Waals surface area contributed by atoms with E-state index >= 15 is 0 Å². The van der Waals surface area contributed by atoms with Crippen LogP contribution in [0, 0.1) is 0 Å². The lowest BCUT2D eigenvalue weighted by molar-refractivity contribution is 0.0796. The van der Waals surface area contributed by atoms with Crippen LogP contribution >= 0.6 is 12.4 Å². The maximum absolute atomic E-state index is 12.6. The summed E-state index contributed by atoms with van der Waals surface area (Å²) >= 11 is 0. The molecule has 0 saturated heterocycles. The van der Waals surface area contributed by atoms with E-state index in [1.54, 1.807) is 4.90 Å². The molecule has 2 rings (SSSR count). The fraction of sp³-hybridized carbons (Fsp3) is 0.316. The number of hydrogen-bond donors (Lipinski definition) is 1. The highest BCUT2D eigenvalue weighted by Gasteiger charge is 2.14. The highest BCUT2D eigenvalue weighted by molar-refractivity contribution is 5.95. The van der Waals surface area contributed by atoms with Crippen LogP contribution in [0.2, 0.25) is 0 Å². The van der Waals surface area contributed by atoms with E-state index in [2.05, 4.69) is 35.6 Å². The molecule has 0 aromatic heterocycles. The van der Waals surface area contributed by atoms with Crippen molar-refractivity contribution in [3.63, 3.8) is 0 Å². The van der Waals surface area contributed by atoms with Gasteiger partial charge in [0.25, 0.3) is 5.91 Å². The molecule has 124 valence electrons. The third kappa shape index (κ3) is 5.70. The van der Waals surface area contributed by atoms with Gasteiger partial charge in [0.2, 0.25) is 0 Å². The maximum Gasteiger partial charge on any atom is 0.253 e. The molecule has 0 spiro atoms. The lowest BCUT2D eigenvalue weighted by atomic mass is 9.99. The minimum Gasteiger partial charge on any atom is -0.340 e. The Kier molecular flexibility index (Phi) is 8.38. The molecule has 1 N–H and O–H groups in total. The summed E-state index contributed by atoms with van der Waals surface area (Å²) < 4.78 is 0. The summed E-state index contributed by atoms with van der Waals surface area (Å²) in [6.07, 6.45) is 1.83. The average Bonchev–Trinajstić information content (AvgIpc) is 2.58. The second kappa shape index (κ2) is 10.0. The van der Waals surface area contributed by atoms with Crippen molar-refractivity contribution < 1.29 is 4.79 Å². The Labute approximate surface area is 145 Å². The van der Waals surface area contributed by atoms with E-state index in [0.29, 0.717) is 6.54 Å². The molecule has 0 aliphatic carbocycles. The molecule has 0 aliphatic heterocycles. The first-order valence-corrected chi connectivity index (χ1v) is 7.74. The van der Waals surface area contributed by atoms with Crippen LogP contribution in [0.4, 0.5) is 0 Å². The standard InChI is InChI=1S/C19H24N2O.ClH/c1-20-14-15-21(2)19(22)18-11-7-6-10-17(18)13-12-16-8-4-3-5-9-16;/h3-11,20H,12-15H2,1-2H3;1H. The molecule has 2 aromatic carbocycles. The number of aryl methyl sites for hydroxylation is 2. The minimum absolute atomic E-state index is 0. The number of rotatable bonds is 7. The average molecular weight is 333 g/mol. The number of nitrogens with one attached hydrogen (secondary N) is 1. The van der Waals surface area contributed by atoms with Crippen molar-refractivity contribution in [3.8, 4) is 0 Å². The number of nitrogens with zero attached hydrogens (tertiary/aromatic N) is 1. The molecule has 0 bridgehead atoms. The zero-order valence-electron chi connectivity index (χ0n) is 13.8. The van der Waals surface area contributed by atoms with Crippen LogP contribution in [0.15, 0.2) is 54.6 Å². The van der Waals surface area contributed by atoms with Gasteiger partial charge in [-0.15, -0.1) is 12.4 Å². The first-order valence-electron chi connectivity index (χ1n) is 7.74. The lowest BCUT2D eigenvalue weighted by Crippen LogP contribution is -2.33. The van der Waals surface area contributed by atoms with Gasteiger partial charge in [-0.3, -0.25) is 4.79 Å². The quantitative estimate of drug-likeness (QED) is 0.844. The van der Waals surface area contributed by atoms with Crippen LogP contribution < -0.4 is 5.32 Å². The predicted octanol–water partition coefficient (Wildman–Crippen LogP) is 3.19. The number of carbonyl (C=O) groups excluding carboxylic acids is 1. The minimum atomic E-state index is 0. The first-order chi connectivity index (χ1) is 10.7. The normalized spacial score (nSPS) is 10.0. The highest BCUT2D eigenvalue weighted by atomic mass is 35.5. The van der Waals surface area contributed by atoms with E-state index in [9.17, 15) is 4.79 Å². The Hall–Kier alpha value is -1.84. The third-order valence-electron chi connectivity index (χ3n) is 3.82. The maximum atomic E-state index is 12.6. The number of likely N-dealkylation sites (N-methyl/N-ethyl adjacent to an activating group) is 2. The number of amides is 1. The van der Waals surface area contributed by atoms with Crippen molar-refractivity contribution >= 4 is 18.3 Å². The number of carbonyl (C=O) groups is 1. The molecular weight excluding hydrogens is 308 g/mol. The molecule has 0 saturated carbocycles. The molecule has 0 radical (unpaired) electrons. The highest BCUT2D eigenvalue weighted by Crippen LogP contribution is 2.14. The van der Waals surface area contributed by atoms with Crippen molar-refractivity contribution in [1.29, 1.82) is 0 Å². The summed E-state index contributed by atoms with van der Waals surface area (Å²) in [5.41, 5.74) is 3.23. The van der Waals surface area contributed by atoms with Crippen molar-refractivity contribution in [2.24, 2.45) is 0 Å². The first kappa shape index (κ1) is 19.2. The summed E-state index contributed by atoms with van der Waals surface area (Å²) in [6.45, 7) is 1.51. The van der Waals surface area contributed by atoms with Gasteiger partial charge in [-0.05, 0) is 37.1 Å². The lowest BCUT2D eigenvalue weighted by Gasteiger charge is -2.19. The Bertz CT molecular complexity index is 601. The molecule has 4 heteroatoms. The number of hydrogen-bond acceptors (Lipinski definition) is 2. The molecule has 0 atom stereocenters. The van der Waals surface area contributed by atoms with Crippen LogP contribution in [0.3, 0.4) is 0 Å². The van der Waals surface area contributed by atoms with Gasteiger partial charge in [0.15, 0.2) is 0 Å². The van der Waals surface area contributed by atoms with Gasteiger partial charge >= 0.3 is 0 Å². The van der Waals surface area contributed by atoms with Gasteiger partial charge in [-0.1, -0.05) is 48.5 Å². The Morgan fingerprint density at radius 2 is 1.65 bits per heavy atom. The second-order valence-corrected chi connectivity index (χ2v) is 5.47. The van der Waals surface area contributed by atoms with Gasteiger partial charge in [0.05, 0.1) is 0 Å². The summed E-state index contributed by atoms with van der Waals surface area (Å²) in [6, 6.07) is 18.3. The second-order valence-electron chi connectivity index (χ2n) is 5.47. The molecular formula is C19H25ClN2O. The van der Waals surface area contributed by atoms with E-state index in [0.717, 1.165) is 30.5 Å². The third-order valence-corrected chi connectivity index (χ3v) is 3.82. The Morgan fingerprint density at radius 1 is 1.00 bits per heavy atom. The van der Waals surface area contributed by atoms with Crippen LogP contribution in [-0.2, 0) is 12.8 Å². The van der Waals surface area contributed by atoms with Crippen LogP contribution in [0.25, 0.3) is 0 Å². The van der Waals surface area contributed by atoms with Crippen molar-refractivity contribution in [2.75, 3.05) is 27.2 Å². The number of halogens is 1. The van der Waals surface area contributed by atoms with Gasteiger partial charge < -0.3 is 10.2 Å². The molecule has 2 aromatic rings. The summed E-state index contributed by atoms with van der Waals surface area (Å²) in [5.74, 6) is 0.0962. The van der Waals surface area contributed by atoms with Gasteiger partial charge in [0, 0.05) is 25.7 Å². The van der Waals surface area contributed by atoms with E-state index in [1.165, 1.54) is 5.56 Å². The van der Waals surface area contributed by atoms with E-state index < -0.39 is 0 Å². The monoisotopic (exact) mass is 332 g/mol. The largest absolute Gasteiger partial charge is 0.340 e. The van der Waals surface area contributed by atoms with Gasteiger partial charge in [-0.25, -0.2) is 0 Å². The molecule has 0 unspecified atom stereocenters. The zero-order chi connectivity index (χ0) is 15.8. The van der Waals surface area contributed by atoms with Crippen LogP contribution in [-0.4, -0.2) is 38.0 Å². The number of benzene rings is 2. The van der Waals surface area contributed by atoms with Crippen LogP contribution in [0.5, 0.6) is 0 Å². The molecule has 23 heavy (non-hydrogen) atoms. The Morgan fingerprint density at radius 3 is 2.35 bits per heavy atom. The summed E-state index contributed by atoms with van der Waals surface area (Å²) in [5, 5.41) is 3.07. The van der Waals surface area contributed by atoms with Crippen molar-refractivity contribution in [3.05, 3.63) is 71.3 Å². The van der Waals surface area contributed by atoms with E-state index in [4.69, 9.17) is 0 Å². The van der Waals surface area contributed by atoms with Crippen molar-refractivity contribution in [2.45, 2.75) is 12.8 Å². The molecule has 0 fully saturated rings. The fourth-order valence-corrected chi connectivity index (χ4v) is 2.46. The fourth-order valence-electron chi connectivity index (χ4n) is 2.46. The molecule has 1 amide bonds. The molecule has 0 heterocycles. The van der Waals surface area contributed by atoms with Crippen LogP contribution in [0.1, 0.15) is 21.5 Å². The summed E-state index contributed by atoms with van der Waals surface area (Å²) in [7, 11) is 3.75. The van der Waals surface area contributed by atoms with Gasteiger partial charge in [-0.2, -0.15) is 0 Å². The zero-order valence-corrected chi connectivity index (χ0v) is 14.6. The SMILES string of the molecule is CNCCN(C)C(=O)c1ccccc1CCc1ccccc1.Cl. The van der Waals surface area contributed by atoms with Gasteiger partial charge in [0.1, 0.15) is 0 Å². The van der Waals surface area contributed by atoms with E-state index in [-0.39, 0.29) is 18.3 Å². The van der Waals surface area contributed by atoms with Crippen molar-refractivity contribution in [1.82, 2.24) is 10.2 Å². The predicted molar refractivity (Wildman–Crippen MR) is 98.4 cm³/mol. The van der Waals surface area contributed by atoms with E-state index in [1.807, 2.05) is 38.4 Å². The Balaban J connectivity index is 0.00000264.